The van der Waals surface area contributed by atoms with Gasteiger partial charge in [0.2, 0.25) is 0 Å². The molecule has 0 radical (unpaired) electrons. The van der Waals surface area contributed by atoms with Gasteiger partial charge in [-0.1, -0.05) is 51.4 Å². The first-order chi connectivity index (χ1) is 9.85. The molecule has 2 atom stereocenters. The first kappa shape index (κ1) is 16.8. The van der Waals surface area contributed by atoms with Gasteiger partial charge in [0.05, 0.1) is 0 Å². The van der Waals surface area contributed by atoms with Crippen molar-refractivity contribution >= 4 is 11.6 Å². The molecule has 0 saturated heterocycles. The van der Waals surface area contributed by atoms with Crippen LogP contribution in [0.2, 0.25) is 5.02 Å². The molecule has 21 heavy (non-hydrogen) atoms. The lowest BCUT2D eigenvalue weighted by atomic mass is 9.65. The van der Waals surface area contributed by atoms with Gasteiger partial charge in [-0.2, -0.15) is 0 Å². The van der Waals surface area contributed by atoms with Crippen molar-refractivity contribution in [2.45, 2.75) is 59.4 Å². The van der Waals surface area contributed by atoms with Crippen LogP contribution in [0.15, 0.2) is 24.3 Å². The summed E-state index contributed by atoms with van der Waals surface area (Å²) in [5.74, 6) is 1.55. The Morgan fingerprint density at radius 1 is 1.29 bits per heavy atom. The molecular formula is C19H30ClN. The maximum absolute atomic E-state index is 6.15. The fourth-order valence-electron chi connectivity index (χ4n) is 3.65. The molecule has 0 bridgehead atoms. The van der Waals surface area contributed by atoms with Crippen molar-refractivity contribution in [2.75, 3.05) is 6.54 Å². The molecule has 1 aliphatic rings. The van der Waals surface area contributed by atoms with E-state index in [0.29, 0.717) is 11.5 Å². The van der Waals surface area contributed by atoms with Gasteiger partial charge in [0.15, 0.2) is 0 Å². The van der Waals surface area contributed by atoms with E-state index in [4.69, 9.17) is 11.6 Å². The lowest BCUT2D eigenvalue weighted by molar-refractivity contribution is 0.114. The minimum Gasteiger partial charge on any atom is -0.314 e. The molecule has 0 amide bonds. The van der Waals surface area contributed by atoms with Gasteiger partial charge in [-0.3, -0.25) is 0 Å². The normalized spacial score (nSPS) is 25.2. The maximum Gasteiger partial charge on any atom is 0.0408 e. The Balaban J connectivity index is 2.05. The Hall–Kier alpha value is -0.530. The van der Waals surface area contributed by atoms with Crippen LogP contribution in [0.25, 0.3) is 0 Å². The SMILES string of the molecule is CC(C)NCC1CCC(C)(C)CC1Cc1cccc(Cl)c1. The third-order valence-electron chi connectivity index (χ3n) is 4.85. The smallest absolute Gasteiger partial charge is 0.0408 e. The average Bonchev–Trinajstić information content (AvgIpc) is 2.36. The molecule has 2 unspecified atom stereocenters. The van der Waals surface area contributed by atoms with Crippen LogP contribution >= 0.6 is 11.6 Å². The van der Waals surface area contributed by atoms with Gasteiger partial charge < -0.3 is 5.32 Å². The zero-order valence-corrected chi connectivity index (χ0v) is 14.7. The summed E-state index contributed by atoms with van der Waals surface area (Å²) in [4.78, 5) is 0. The van der Waals surface area contributed by atoms with Crippen molar-refractivity contribution in [1.29, 1.82) is 0 Å². The van der Waals surface area contributed by atoms with Crippen LogP contribution in [0.4, 0.5) is 0 Å². The van der Waals surface area contributed by atoms with Crippen molar-refractivity contribution in [1.82, 2.24) is 5.32 Å². The Bertz CT molecular complexity index is 451. The van der Waals surface area contributed by atoms with Gasteiger partial charge in [0.1, 0.15) is 0 Å². The van der Waals surface area contributed by atoms with Crippen LogP contribution in [-0.2, 0) is 6.42 Å². The van der Waals surface area contributed by atoms with E-state index in [1.165, 1.54) is 24.8 Å². The van der Waals surface area contributed by atoms with Crippen LogP contribution in [0, 0.1) is 17.3 Å². The third kappa shape index (κ3) is 5.30. The summed E-state index contributed by atoms with van der Waals surface area (Å²) in [5.41, 5.74) is 1.87. The molecule has 1 saturated carbocycles. The zero-order chi connectivity index (χ0) is 15.5. The van der Waals surface area contributed by atoms with Crippen molar-refractivity contribution in [3.8, 4) is 0 Å². The first-order valence-corrected chi connectivity index (χ1v) is 8.71. The summed E-state index contributed by atoms with van der Waals surface area (Å²) in [5, 5.41) is 4.50. The van der Waals surface area contributed by atoms with Crippen molar-refractivity contribution in [3.05, 3.63) is 34.9 Å². The number of hydrogen-bond donors (Lipinski definition) is 1. The van der Waals surface area contributed by atoms with Crippen LogP contribution in [0.3, 0.4) is 0 Å². The van der Waals surface area contributed by atoms with Crippen LogP contribution in [0.5, 0.6) is 0 Å². The third-order valence-corrected chi connectivity index (χ3v) is 5.08. The molecule has 1 aromatic carbocycles. The lowest BCUT2D eigenvalue weighted by Crippen LogP contribution is -2.38. The number of hydrogen-bond acceptors (Lipinski definition) is 1. The summed E-state index contributed by atoms with van der Waals surface area (Å²) in [7, 11) is 0. The van der Waals surface area contributed by atoms with E-state index in [0.717, 1.165) is 29.8 Å². The highest BCUT2D eigenvalue weighted by Crippen LogP contribution is 2.43. The predicted octanol–water partition coefficient (Wildman–Crippen LogP) is 5.32. The predicted molar refractivity (Wildman–Crippen MR) is 92.9 cm³/mol. The Morgan fingerprint density at radius 3 is 2.71 bits per heavy atom. The average molecular weight is 308 g/mol. The van der Waals surface area contributed by atoms with Crippen molar-refractivity contribution < 1.29 is 0 Å². The molecule has 0 aliphatic heterocycles. The molecular weight excluding hydrogens is 278 g/mol. The summed E-state index contributed by atoms with van der Waals surface area (Å²) in [6.45, 7) is 10.5. The van der Waals surface area contributed by atoms with Crippen LogP contribution in [-0.4, -0.2) is 12.6 Å². The van der Waals surface area contributed by atoms with E-state index in [1.807, 2.05) is 6.07 Å². The lowest BCUT2D eigenvalue weighted by Gasteiger charge is -2.41. The van der Waals surface area contributed by atoms with E-state index in [-0.39, 0.29) is 0 Å². The molecule has 1 N–H and O–H groups in total. The van der Waals surface area contributed by atoms with Gasteiger partial charge >= 0.3 is 0 Å². The molecule has 0 heterocycles. The van der Waals surface area contributed by atoms with Gasteiger partial charge in [-0.15, -0.1) is 0 Å². The molecule has 1 aromatic rings. The highest BCUT2D eigenvalue weighted by atomic mass is 35.5. The summed E-state index contributed by atoms with van der Waals surface area (Å²) >= 11 is 6.15. The number of benzene rings is 1. The van der Waals surface area contributed by atoms with Crippen molar-refractivity contribution in [2.24, 2.45) is 17.3 Å². The van der Waals surface area contributed by atoms with Gasteiger partial charge in [0, 0.05) is 11.1 Å². The quantitative estimate of drug-likeness (QED) is 0.776. The second-order valence-corrected chi connectivity index (χ2v) is 8.26. The van der Waals surface area contributed by atoms with E-state index in [9.17, 15) is 0 Å². The molecule has 0 aromatic heterocycles. The molecule has 2 rings (SSSR count). The fourth-order valence-corrected chi connectivity index (χ4v) is 3.86. The first-order valence-electron chi connectivity index (χ1n) is 8.33. The van der Waals surface area contributed by atoms with E-state index in [2.05, 4.69) is 51.2 Å². The second-order valence-electron chi connectivity index (χ2n) is 7.82. The fraction of sp³-hybridized carbons (Fsp3) is 0.684. The highest BCUT2D eigenvalue weighted by Gasteiger charge is 2.34. The molecule has 118 valence electrons. The molecule has 1 nitrogen and oxygen atoms in total. The number of rotatable bonds is 5. The zero-order valence-electron chi connectivity index (χ0n) is 14.0. The van der Waals surface area contributed by atoms with Crippen LogP contribution in [0.1, 0.15) is 52.5 Å². The number of halogens is 1. The topological polar surface area (TPSA) is 12.0 Å². The maximum atomic E-state index is 6.15. The Morgan fingerprint density at radius 2 is 2.05 bits per heavy atom. The molecule has 2 heteroatoms. The van der Waals surface area contributed by atoms with E-state index < -0.39 is 0 Å². The Kier molecular flexibility index (Phi) is 5.73. The molecule has 1 fully saturated rings. The molecule has 1 aliphatic carbocycles. The van der Waals surface area contributed by atoms with Gasteiger partial charge in [-0.05, 0) is 67.2 Å². The second kappa shape index (κ2) is 7.15. The van der Waals surface area contributed by atoms with Gasteiger partial charge in [-0.25, -0.2) is 0 Å². The number of nitrogens with one attached hydrogen (secondary N) is 1. The summed E-state index contributed by atoms with van der Waals surface area (Å²) < 4.78 is 0. The van der Waals surface area contributed by atoms with Gasteiger partial charge in [0.25, 0.3) is 0 Å². The van der Waals surface area contributed by atoms with Crippen LogP contribution < -0.4 is 5.32 Å². The van der Waals surface area contributed by atoms with E-state index in [1.54, 1.807) is 0 Å². The highest BCUT2D eigenvalue weighted by molar-refractivity contribution is 6.30. The minimum absolute atomic E-state index is 0.484. The monoisotopic (exact) mass is 307 g/mol. The largest absolute Gasteiger partial charge is 0.314 e. The van der Waals surface area contributed by atoms with E-state index >= 15 is 0 Å². The van der Waals surface area contributed by atoms with Crippen molar-refractivity contribution in [3.63, 3.8) is 0 Å². The standard InChI is InChI=1S/C19H30ClN/c1-14(2)21-13-16-8-9-19(3,4)12-17(16)10-15-6-5-7-18(20)11-15/h5-7,11,14,16-17,21H,8-10,12-13H2,1-4H3. The molecule has 0 spiro atoms. The summed E-state index contributed by atoms with van der Waals surface area (Å²) in [6, 6.07) is 8.98. The Labute approximate surface area is 135 Å². The minimum atomic E-state index is 0.484. The summed E-state index contributed by atoms with van der Waals surface area (Å²) in [6.07, 6.45) is 5.18.